The standard InChI is InChI=1S/C24H22BrClN4O3S/c1-4-19-14(25)8-20(34-19)21-13(11-27)23(28)29(16-6-5-12(30(32)33)7-15(16)26)17-9-24(2,3)10-18(31)22(17)21/h5-8,21H,4,9-10,28H2,1-3H3. The summed E-state index contributed by atoms with van der Waals surface area (Å²) in [7, 11) is 0. The molecule has 1 aliphatic carbocycles. The molecule has 1 unspecified atom stereocenters. The molecule has 7 nitrogen and oxygen atoms in total. The molecule has 0 bridgehead atoms. The van der Waals surface area contributed by atoms with Crippen molar-refractivity contribution in [3.05, 3.63) is 76.3 Å². The molecule has 0 fully saturated rings. The van der Waals surface area contributed by atoms with E-state index in [1.807, 2.05) is 26.8 Å². The number of Topliss-reactive ketones (excluding diaryl/α,β-unsaturated/α-hetero) is 1. The summed E-state index contributed by atoms with van der Waals surface area (Å²) in [5.74, 6) is -0.435. The van der Waals surface area contributed by atoms with E-state index >= 15 is 0 Å². The second-order valence-corrected chi connectivity index (χ2v) is 11.6. The predicted molar refractivity (Wildman–Crippen MR) is 137 cm³/mol. The minimum absolute atomic E-state index is 0.0397. The number of aryl methyl sites for hydroxylation is 1. The van der Waals surface area contributed by atoms with Gasteiger partial charge in [-0.25, -0.2) is 0 Å². The molecule has 1 aromatic heterocycles. The number of hydrogen-bond donors (Lipinski definition) is 1. The summed E-state index contributed by atoms with van der Waals surface area (Å²) in [4.78, 5) is 27.9. The Morgan fingerprint density at radius 2 is 2.09 bits per heavy atom. The number of nitrogens with zero attached hydrogens (tertiary/aromatic N) is 3. The van der Waals surface area contributed by atoms with Crippen LogP contribution in [-0.2, 0) is 11.2 Å². The molecule has 4 rings (SSSR count). The van der Waals surface area contributed by atoms with Crippen molar-refractivity contribution >= 4 is 56.0 Å². The Morgan fingerprint density at radius 1 is 1.38 bits per heavy atom. The van der Waals surface area contributed by atoms with E-state index in [1.165, 1.54) is 18.2 Å². The number of nitrogens with two attached hydrogens (primary N) is 1. The number of nitriles is 1. The smallest absolute Gasteiger partial charge is 0.271 e. The Labute approximate surface area is 214 Å². The van der Waals surface area contributed by atoms with Crippen LogP contribution in [0.4, 0.5) is 11.4 Å². The van der Waals surface area contributed by atoms with Gasteiger partial charge in [-0.2, -0.15) is 5.26 Å². The van der Waals surface area contributed by atoms with E-state index in [0.717, 1.165) is 20.6 Å². The zero-order valence-corrected chi connectivity index (χ0v) is 22.0. The summed E-state index contributed by atoms with van der Waals surface area (Å²) < 4.78 is 0.942. The first kappa shape index (κ1) is 24.5. The topological polar surface area (TPSA) is 113 Å². The van der Waals surface area contributed by atoms with Crippen LogP contribution in [0.2, 0.25) is 5.02 Å². The quantitative estimate of drug-likeness (QED) is 0.333. The van der Waals surface area contributed by atoms with Crippen LogP contribution in [0.1, 0.15) is 49.3 Å². The fraction of sp³-hybridized carbons (Fsp3) is 0.333. The van der Waals surface area contributed by atoms with Crippen LogP contribution in [0, 0.1) is 26.9 Å². The number of ketones is 1. The van der Waals surface area contributed by atoms with E-state index in [2.05, 4.69) is 22.0 Å². The number of allylic oxidation sites excluding steroid dienone is 3. The number of benzene rings is 1. The van der Waals surface area contributed by atoms with Crippen LogP contribution < -0.4 is 10.6 Å². The molecular formula is C24H22BrClN4O3S. The second kappa shape index (κ2) is 8.84. The number of non-ortho nitro benzene ring substituents is 1. The molecule has 1 aromatic carbocycles. The van der Waals surface area contributed by atoms with Gasteiger partial charge in [0.15, 0.2) is 5.78 Å². The average Bonchev–Trinajstić information content (AvgIpc) is 3.13. The number of carbonyl (C=O) groups excluding carboxylic acids is 1. The van der Waals surface area contributed by atoms with Gasteiger partial charge < -0.3 is 5.73 Å². The highest BCUT2D eigenvalue weighted by Crippen LogP contribution is 2.52. The molecule has 0 amide bonds. The normalized spacial score (nSPS) is 19.8. The van der Waals surface area contributed by atoms with Crippen molar-refractivity contribution in [2.75, 3.05) is 4.90 Å². The third kappa shape index (κ3) is 4.04. The minimum atomic E-state index is -0.571. The Morgan fingerprint density at radius 3 is 2.65 bits per heavy atom. The molecule has 0 spiro atoms. The highest BCUT2D eigenvalue weighted by Gasteiger charge is 2.45. The molecule has 1 aliphatic heterocycles. The number of nitro groups is 1. The van der Waals surface area contributed by atoms with Crippen molar-refractivity contribution in [2.24, 2.45) is 11.1 Å². The van der Waals surface area contributed by atoms with Crippen molar-refractivity contribution < 1.29 is 9.72 Å². The van der Waals surface area contributed by atoms with Crippen LogP contribution in [0.5, 0.6) is 0 Å². The highest BCUT2D eigenvalue weighted by molar-refractivity contribution is 9.10. The predicted octanol–water partition coefficient (Wildman–Crippen LogP) is 6.58. The molecule has 0 saturated carbocycles. The maximum atomic E-state index is 13.6. The van der Waals surface area contributed by atoms with E-state index in [9.17, 15) is 20.2 Å². The zero-order chi connectivity index (χ0) is 24.9. The van der Waals surface area contributed by atoms with Crippen molar-refractivity contribution in [3.8, 4) is 6.07 Å². The van der Waals surface area contributed by atoms with Gasteiger partial charge in [0, 0.05) is 44.1 Å². The third-order valence-electron chi connectivity index (χ3n) is 6.15. The van der Waals surface area contributed by atoms with Gasteiger partial charge in [0.05, 0.1) is 33.2 Å². The second-order valence-electron chi connectivity index (χ2n) is 9.15. The number of rotatable bonds is 4. The Hall–Kier alpha value is -2.67. The van der Waals surface area contributed by atoms with Crippen LogP contribution in [0.25, 0.3) is 0 Å². The highest BCUT2D eigenvalue weighted by atomic mass is 79.9. The third-order valence-corrected chi connectivity index (χ3v) is 8.76. The van der Waals surface area contributed by atoms with Gasteiger partial charge in [-0.1, -0.05) is 32.4 Å². The largest absolute Gasteiger partial charge is 0.384 e. The molecule has 10 heteroatoms. The van der Waals surface area contributed by atoms with Gasteiger partial charge in [0.25, 0.3) is 5.69 Å². The van der Waals surface area contributed by atoms with E-state index < -0.39 is 10.8 Å². The van der Waals surface area contributed by atoms with Gasteiger partial charge in [-0.05, 0) is 46.3 Å². The lowest BCUT2D eigenvalue weighted by Gasteiger charge is -2.43. The lowest BCUT2D eigenvalue weighted by Crippen LogP contribution is -2.42. The molecule has 2 aromatic rings. The first-order valence-corrected chi connectivity index (χ1v) is 12.7. The van der Waals surface area contributed by atoms with Crippen molar-refractivity contribution in [3.63, 3.8) is 0 Å². The molecular weight excluding hydrogens is 540 g/mol. The number of halogens is 2. The van der Waals surface area contributed by atoms with Gasteiger partial charge in [0.2, 0.25) is 0 Å². The van der Waals surface area contributed by atoms with Crippen LogP contribution in [0.15, 0.2) is 51.4 Å². The number of thiophene rings is 1. The number of nitro benzene ring substituents is 1. The number of hydrogen-bond acceptors (Lipinski definition) is 7. The van der Waals surface area contributed by atoms with Crippen molar-refractivity contribution in [2.45, 2.75) is 46.0 Å². The zero-order valence-electron chi connectivity index (χ0n) is 18.8. The molecule has 34 heavy (non-hydrogen) atoms. The van der Waals surface area contributed by atoms with E-state index in [-0.39, 0.29) is 33.3 Å². The molecule has 0 saturated heterocycles. The first-order valence-electron chi connectivity index (χ1n) is 10.7. The Bertz CT molecular complexity index is 1340. The van der Waals surface area contributed by atoms with Crippen LogP contribution in [-0.4, -0.2) is 10.7 Å². The van der Waals surface area contributed by atoms with Crippen molar-refractivity contribution in [1.82, 2.24) is 0 Å². The van der Waals surface area contributed by atoms with Gasteiger partial charge >= 0.3 is 0 Å². The number of carbonyl (C=O) groups is 1. The van der Waals surface area contributed by atoms with Gasteiger partial charge in [0.1, 0.15) is 5.82 Å². The lowest BCUT2D eigenvalue weighted by molar-refractivity contribution is -0.384. The maximum Gasteiger partial charge on any atom is 0.271 e. The summed E-state index contributed by atoms with van der Waals surface area (Å²) in [6.07, 6.45) is 1.69. The number of anilines is 1. The SMILES string of the molecule is CCc1sc(C2C(C#N)=C(N)N(c3ccc([N+](=O)[O-])cc3Cl)C3=C2C(=O)CC(C)(C)C3)cc1Br. The van der Waals surface area contributed by atoms with E-state index in [4.69, 9.17) is 17.3 Å². The molecule has 2 heterocycles. The maximum absolute atomic E-state index is 13.6. The molecule has 2 aliphatic rings. The average molecular weight is 562 g/mol. The summed E-state index contributed by atoms with van der Waals surface area (Å²) in [6, 6.07) is 8.30. The Balaban J connectivity index is 2.00. The van der Waals surface area contributed by atoms with Crippen molar-refractivity contribution in [1.29, 1.82) is 5.26 Å². The van der Waals surface area contributed by atoms with Gasteiger partial charge in [-0.3, -0.25) is 19.8 Å². The summed E-state index contributed by atoms with van der Waals surface area (Å²) >= 11 is 11.6. The van der Waals surface area contributed by atoms with Gasteiger partial charge in [-0.15, -0.1) is 11.3 Å². The molecule has 0 radical (unpaired) electrons. The lowest BCUT2D eigenvalue weighted by atomic mass is 9.69. The Kier molecular flexibility index (Phi) is 6.36. The monoisotopic (exact) mass is 560 g/mol. The van der Waals surface area contributed by atoms with Crippen LogP contribution in [0.3, 0.4) is 0 Å². The molecule has 176 valence electrons. The van der Waals surface area contributed by atoms with E-state index in [0.29, 0.717) is 29.8 Å². The molecule has 1 atom stereocenters. The fourth-order valence-corrected chi connectivity index (χ4v) is 6.96. The summed E-state index contributed by atoms with van der Waals surface area (Å²) in [6.45, 7) is 6.07. The fourth-order valence-electron chi connectivity index (χ4n) is 4.67. The van der Waals surface area contributed by atoms with Crippen LogP contribution >= 0.6 is 38.9 Å². The first-order chi connectivity index (χ1) is 16.0. The summed E-state index contributed by atoms with van der Waals surface area (Å²) in [5, 5.41) is 21.5. The van der Waals surface area contributed by atoms with E-state index in [1.54, 1.807) is 16.2 Å². The minimum Gasteiger partial charge on any atom is -0.384 e. The molecule has 2 N–H and O–H groups in total. The summed E-state index contributed by atoms with van der Waals surface area (Å²) in [5.41, 5.74) is 8.01.